The Morgan fingerprint density at radius 3 is 2.55 bits per heavy atom. The molecule has 0 radical (unpaired) electrons. The molecule has 1 saturated carbocycles. The van der Waals surface area contributed by atoms with Crippen LogP contribution >= 0.6 is 0 Å². The number of sulfonamides is 1. The second kappa shape index (κ2) is 18.1. The Morgan fingerprint density at radius 2 is 1.75 bits per heavy atom. The predicted octanol–water partition coefficient (Wildman–Crippen LogP) is 7.49. The highest BCUT2D eigenvalue weighted by Gasteiger charge is 2.50. The summed E-state index contributed by atoms with van der Waals surface area (Å²) in [6, 6.07) is 20.5. The van der Waals surface area contributed by atoms with Crippen molar-refractivity contribution in [2.45, 2.75) is 93.1 Å². The molecule has 12 rings (SSSR count). The number of amides is 1. The molecule has 3 N–H and O–H groups in total. The van der Waals surface area contributed by atoms with Crippen molar-refractivity contribution in [2.75, 3.05) is 74.4 Å². The van der Waals surface area contributed by atoms with E-state index < -0.39 is 49.7 Å². The van der Waals surface area contributed by atoms with Gasteiger partial charge in [-0.15, -0.1) is 0 Å². The molecule has 1 aliphatic carbocycles. The third kappa shape index (κ3) is 8.34. The Kier molecular flexibility index (Phi) is 11.7. The molecule has 5 atom stereocenters. The number of rotatable bonds is 10. The molecule has 5 fully saturated rings. The Labute approximate surface area is 411 Å². The number of carbonyl (C=O) groups excluding carboxylic acids is 1. The molecule has 18 nitrogen and oxygen atoms in total. The minimum atomic E-state index is -4.71. The number of aromatic amines is 1. The molecule has 1 spiro atoms. The Hall–Kier alpha value is -6.25. The monoisotopic (exact) mass is 986 g/mol. The minimum absolute atomic E-state index is 0.0205. The summed E-state index contributed by atoms with van der Waals surface area (Å²) in [5, 5.41) is 16.4. The number of nitrogens with one attached hydrogen (secondary N) is 3. The predicted molar refractivity (Wildman–Crippen MR) is 266 cm³/mol. The molecule has 71 heavy (non-hydrogen) atoms. The van der Waals surface area contributed by atoms with E-state index in [9.17, 15) is 23.3 Å². The summed E-state index contributed by atoms with van der Waals surface area (Å²) < 4.78 is 60.6. The van der Waals surface area contributed by atoms with Gasteiger partial charge in [0.15, 0.2) is 11.4 Å². The number of aromatic nitrogens is 2. The van der Waals surface area contributed by atoms with Crippen LogP contribution in [-0.4, -0.2) is 124 Å². The fourth-order valence-corrected chi connectivity index (χ4v) is 13.3. The van der Waals surface area contributed by atoms with Gasteiger partial charge in [-0.2, -0.15) is 4.98 Å². The van der Waals surface area contributed by atoms with Gasteiger partial charge in [-0.3, -0.25) is 19.8 Å². The van der Waals surface area contributed by atoms with Crippen LogP contribution in [0.5, 0.6) is 11.6 Å². The van der Waals surface area contributed by atoms with Gasteiger partial charge in [-0.25, -0.2) is 13.1 Å². The largest absolute Gasteiger partial charge is 0.489 e. The molecule has 19 heteroatoms. The summed E-state index contributed by atoms with van der Waals surface area (Å²) in [7, 11) is -4.71. The summed E-state index contributed by atoms with van der Waals surface area (Å²) in [6.45, 7) is 11.0. The van der Waals surface area contributed by atoms with Crippen molar-refractivity contribution in [3.63, 3.8) is 0 Å². The highest BCUT2D eigenvalue weighted by atomic mass is 32.2. The Morgan fingerprint density at radius 1 is 0.930 bits per heavy atom. The number of nitrogens with zero attached hydrogens (tertiary/aromatic N) is 5. The van der Waals surface area contributed by atoms with Crippen molar-refractivity contribution in [3.8, 4) is 11.6 Å². The summed E-state index contributed by atoms with van der Waals surface area (Å²) in [6.07, 6.45) is 8.27. The van der Waals surface area contributed by atoms with Gasteiger partial charge in [0.1, 0.15) is 30.1 Å². The fraction of sp³-hybridized carbons (Fsp3) is 0.462. The Balaban J connectivity index is 0.839. The standard InChI is InChI=1S/C52H58N8O10S/c1-31(2)36-6-3-4-7-37(36)40-8-5-16-58(40)34-26-52(27-34)13-17-57(18-14-52)33-9-10-38(42(23-33)59-41-12-19-66-30-47(41)70-51-44(59)22-32-11-15-53-49(32)55-51)50(61)56-71(64,65)35-24-43(60(62)63)48-45(25-35)69-28-39(54-48)46-29-67-20-21-68-46/h3-4,6-7,9-11,15,22-25,34,39-41,46-47,54H,1,5,8,12-14,16-21,26-30H2,2H3,(H,53,55)(H,56,61)/t39-,40-,41-,46+,47-/m0/s1. The van der Waals surface area contributed by atoms with E-state index in [1.54, 1.807) is 12.3 Å². The van der Waals surface area contributed by atoms with Crippen LogP contribution in [0.1, 0.15) is 79.4 Å². The van der Waals surface area contributed by atoms with E-state index >= 15 is 0 Å². The number of H-pyrrole nitrogens is 1. The molecule has 6 aliphatic heterocycles. The number of hydrogen-bond donors (Lipinski definition) is 3. The number of benzene rings is 3. The van der Waals surface area contributed by atoms with Gasteiger partial charge in [0, 0.05) is 61.2 Å². The number of nitro groups is 1. The van der Waals surface area contributed by atoms with Gasteiger partial charge in [-0.05, 0) is 105 Å². The third-order valence-electron chi connectivity index (χ3n) is 16.0. The second-order valence-electron chi connectivity index (χ2n) is 20.3. The molecule has 0 bridgehead atoms. The average molecular weight is 987 g/mol. The first-order valence-corrected chi connectivity index (χ1v) is 26.3. The molecule has 1 amide bonds. The van der Waals surface area contributed by atoms with Crippen molar-refractivity contribution in [2.24, 2.45) is 5.41 Å². The lowest BCUT2D eigenvalue weighted by atomic mass is 9.59. The first kappa shape index (κ1) is 45.9. The van der Waals surface area contributed by atoms with E-state index in [0.717, 1.165) is 61.6 Å². The molecule has 2 aromatic heterocycles. The normalized spacial score (nSPS) is 25.2. The molecule has 372 valence electrons. The van der Waals surface area contributed by atoms with Crippen LogP contribution in [0.4, 0.5) is 28.4 Å². The molecule has 8 heterocycles. The number of nitro benzene ring substituents is 1. The maximum absolute atomic E-state index is 14.8. The maximum Gasteiger partial charge on any atom is 0.297 e. The van der Waals surface area contributed by atoms with Crippen LogP contribution in [0.2, 0.25) is 0 Å². The van der Waals surface area contributed by atoms with Gasteiger partial charge >= 0.3 is 0 Å². The van der Waals surface area contributed by atoms with Crippen LogP contribution < -0.4 is 29.3 Å². The zero-order valence-electron chi connectivity index (χ0n) is 39.6. The van der Waals surface area contributed by atoms with Crippen molar-refractivity contribution < 1.29 is 41.8 Å². The minimum Gasteiger partial charge on any atom is -0.489 e. The molecule has 3 aromatic carbocycles. The highest BCUT2D eigenvalue weighted by Crippen LogP contribution is 2.55. The zero-order chi connectivity index (χ0) is 48.6. The zero-order valence-corrected chi connectivity index (χ0v) is 40.5. The van der Waals surface area contributed by atoms with Crippen LogP contribution in [0, 0.1) is 15.5 Å². The number of anilines is 4. The first-order valence-electron chi connectivity index (χ1n) is 24.8. The number of ether oxygens (including phenoxy) is 5. The van der Waals surface area contributed by atoms with Gasteiger partial charge < -0.3 is 43.8 Å². The number of pyridine rings is 1. The Bertz CT molecular complexity index is 3030. The average Bonchev–Trinajstić information content (AvgIpc) is 4.06. The SMILES string of the molecule is C=C(C)c1ccccc1[C@@H]1CCCN1C1CC2(CCN(c3ccc(C(=O)NS(=O)(=O)c4cc5c(c([N+](=O)[O-])c4)N[C@H]([C@H]4COCCO4)CO5)c(N4c5cc6cc[nH]c6nc5O[C@H]5COCC[C@@H]54)c3)CC2)C1. The van der Waals surface area contributed by atoms with Gasteiger partial charge in [0.05, 0.1) is 59.6 Å². The van der Waals surface area contributed by atoms with E-state index in [1.807, 2.05) is 24.3 Å². The number of allylic oxidation sites excluding steroid dienone is 1. The number of piperidine rings is 1. The summed E-state index contributed by atoms with van der Waals surface area (Å²) in [4.78, 5) is 41.3. The lowest BCUT2D eigenvalue weighted by Crippen LogP contribution is -2.55. The van der Waals surface area contributed by atoms with E-state index in [1.165, 1.54) is 36.5 Å². The topological polar surface area (TPSA) is 203 Å². The molecule has 5 aromatic rings. The van der Waals surface area contributed by atoms with E-state index in [-0.39, 0.29) is 41.7 Å². The van der Waals surface area contributed by atoms with Crippen LogP contribution in [-0.2, 0) is 24.2 Å². The highest BCUT2D eigenvalue weighted by molar-refractivity contribution is 7.90. The van der Waals surface area contributed by atoms with Gasteiger partial charge in [-0.1, -0.05) is 36.4 Å². The molecule has 7 aliphatic rings. The van der Waals surface area contributed by atoms with Crippen molar-refractivity contribution in [1.29, 1.82) is 0 Å². The number of hydrogen-bond acceptors (Lipinski definition) is 15. The number of carbonyl (C=O) groups is 1. The number of fused-ring (bicyclic) bond motifs is 4. The smallest absolute Gasteiger partial charge is 0.297 e. The summed E-state index contributed by atoms with van der Waals surface area (Å²) in [5.41, 5.74) is 6.29. The van der Waals surface area contributed by atoms with Gasteiger partial charge in [0.2, 0.25) is 5.88 Å². The van der Waals surface area contributed by atoms with E-state index in [4.69, 9.17) is 28.7 Å². The molecule has 0 unspecified atom stereocenters. The van der Waals surface area contributed by atoms with Crippen LogP contribution in [0.25, 0.3) is 16.6 Å². The fourth-order valence-electron chi connectivity index (χ4n) is 12.3. The number of likely N-dealkylation sites (tertiary alicyclic amines) is 1. The maximum atomic E-state index is 14.8. The van der Waals surface area contributed by atoms with Crippen molar-refractivity contribution in [1.82, 2.24) is 19.6 Å². The second-order valence-corrected chi connectivity index (χ2v) is 21.9. The molecule has 4 saturated heterocycles. The molecular weight excluding hydrogens is 929 g/mol. The van der Waals surface area contributed by atoms with Gasteiger partial charge in [0.25, 0.3) is 21.6 Å². The van der Waals surface area contributed by atoms with E-state index in [0.29, 0.717) is 67.8 Å². The summed E-state index contributed by atoms with van der Waals surface area (Å²) >= 11 is 0. The van der Waals surface area contributed by atoms with E-state index in [2.05, 4.69) is 67.5 Å². The quantitative estimate of drug-likeness (QED) is 0.0917. The first-order chi connectivity index (χ1) is 34.4. The van der Waals surface area contributed by atoms with Crippen LogP contribution in [0.3, 0.4) is 0 Å². The van der Waals surface area contributed by atoms with Crippen molar-refractivity contribution >= 4 is 61.0 Å². The lowest BCUT2D eigenvalue weighted by Gasteiger charge is -2.56. The van der Waals surface area contributed by atoms with Crippen LogP contribution in [0.15, 0.2) is 84.4 Å². The molecular formula is C52H58N8O10S. The third-order valence-corrected chi connectivity index (χ3v) is 17.3. The summed E-state index contributed by atoms with van der Waals surface area (Å²) in [5.74, 6) is -0.579. The van der Waals surface area contributed by atoms with Crippen molar-refractivity contribution in [3.05, 3.63) is 106 Å². The lowest BCUT2D eigenvalue weighted by molar-refractivity contribution is -0.384.